The van der Waals surface area contributed by atoms with Crippen molar-refractivity contribution in [2.24, 2.45) is 0 Å². The summed E-state index contributed by atoms with van der Waals surface area (Å²) in [6, 6.07) is 20.8. The Morgan fingerprint density at radius 3 is 2.56 bits per heavy atom. The van der Waals surface area contributed by atoms with Gasteiger partial charge in [-0.3, -0.25) is 0 Å². The second-order valence-corrected chi connectivity index (χ2v) is 8.48. The number of ether oxygens (including phenoxy) is 3. The number of nitrogens with zero attached hydrogens (tertiary/aromatic N) is 3. The molecule has 3 heterocycles. The first kappa shape index (κ1) is 25.6. The number of carbonyl (C=O) groups is 1. The lowest BCUT2D eigenvalue weighted by Crippen LogP contribution is -2.00. The van der Waals surface area contributed by atoms with Gasteiger partial charge in [0.2, 0.25) is 5.88 Å². The minimum Gasteiger partial charge on any atom is -0.487 e. The number of furan rings is 1. The molecule has 0 amide bonds. The highest BCUT2D eigenvalue weighted by Gasteiger charge is 2.14. The van der Waals surface area contributed by atoms with E-state index >= 15 is 0 Å². The van der Waals surface area contributed by atoms with E-state index in [2.05, 4.69) is 10.1 Å². The van der Waals surface area contributed by atoms with Crippen LogP contribution in [0.5, 0.6) is 11.6 Å². The molecule has 0 spiro atoms. The van der Waals surface area contributed by atoms with E-state index in [0.717, 1.165) is 11.3 Å². The van der Waals surface area contributed by atoms with Gasteiger partial charge in [0.1, 0.15) is 30.4 Å². The van der Waals surface area contributed by atoms with Gasteiger partial charge in [-0.15, -0.1) is 5.10 Å². The van der Waals surface area contributed by atoms with E-state index in [0.29, 0.717) is 46.9 Å². The molecule has 0 fully saturated rings. The monoisotopic (exact) mass is 525 g/mol. The first-order valence-electron chi connectivity index (χ1n) is 12.4. The van der Waals surface area contributed by atoms with E-state index in [1.807, 2.05) is 61.5 Å². The summed E-state index contributed by atoms with van der Waals surface area (Å²) >= 11 is 0. The first-order valence-corrected chi connectivity index (χ1v) is 12.4. The lowest BCUT2D eigenvalue weighted by molar-refractivity contribution is -0.137. The lowest BCUT2D eigenvalue weighted by atomic mass is 10.2. The van der Waals surface area contributed by atoms with Gasteiger partial charge in [-0.05, 0) is 61.9 Å². The number of esters is 1. The molecule has 9 nitrogen and oxygen atoms in total. The van der Waals surface area contributed by atoms with E-state index in [-0.39, 0.29) is 13.2 Å². The predicted octanol–water partition coefficient (Wildman–Crippen LogP) is 6.16. The zero-order chi connectivity index (χ0) is 27.0. The molecule has 0 saturated carbocycles. The lowest BCUT2D eigenvalue weighted by Gasteiger charge is -2.07. The number of hydrogen-bond acceptors (Lipinski definition) is 8. The number of aromatic nitrogens is 3. The Bertz CT molecular complexity index is 1530. The van der Waals surface area contributed by atoms with Crippen LogP contribution >= 0.6 is 0 Å². The van der Waals surface area contributed by atoms with Crippen molar-refractivity contribution in [3.8, 4) is 29.0 Å². The van der Waals surface area contributed by atoms with Crippen molar-refractivity contribution in [3.05, 3.63) is 108 Å². The van der Waals surface area contributed by atoms with Gasteiger partial charge in [0.25, 0.3) is 5.89 Å². The van der Waals surface area contributed by atoms with E-state index in [1.54, 1.807) is 42.3 Å². The van der Waals surface area contributed by atoms with Gasteiger partial charge in [-0.1, -0.05) is 30.3 Å². The molecule has 5 rings (SSSR count). The summed E-state index contributed by atoms with van der Waals surface area (Å²) in [7, 11) is 0. The first-order chi connectivity index (χ1) is 19.1. The van der Waals surface area contributed by atoms with Gasteiger partial charge in [-0.2, -0.15) is 0 Å². The third-order valence-corrected chi connectivity index (χ3v) is 5.71. The van der Waals surface area contributed by atoms with E-state index < -0.39 is 5.97 Å². The van der Waals surface area contributed by atoms with Crippen molar-refractivity contribution < 1.29 is 27.8 Å². The van der Waals surface area contributed by atoms with Gasteiger partial charge in [0, 0.05) is 12.3 Å². The van der Waals surface area contributed by atoms with Crippen LogP contribution in [0, 0.1) is 6.92 Å². The third-order valence-electron chi connectivity index (χ3n) is 5.71. The van der Waals surface area contributed by atoms with Crippen LogP contribution in [0.2, 0.25) is 0 Å². The van der Waals surface area contributed by atoms with Crippen LogP contribution in [0.1, 0.15) is 29.5 Å². The molecule has 39 heavy (non-hydrogen) atoms. The fourth-order valence-corrected chi connectivity index (χ4v) is 3.71. The van der Waals surface area contributed by atoms with Crippen molar-refractivity contribution in [1.29, 1.82) is 0 Å². The highest BCUT2D eigenvalue weighted by molar-refractivity contribution is 5.87. The summed E-state index contributed by atoms with van der Waals surface area (Å²) in [5.74, 6) is 2.33. The number of para-hydroxylation sites is 1. The largest absolute Gasteiger partial charge is 0.487 e. The normalized spacial score (nSPS) is 11.1. The standard InChI is InChI=1S/C30H27N3O6/c1-3-35-28(34)16-13-23-18-33(24-8-5-4-6-9-24)32-29(23)38-19-22-11-14-25(15-12-22)37-20-26-21(2)39-30(31-26)27-10-7-17-36-27/h4-18H,3,19-20H2,1-2H3/b16-13+. The van der Waals surface area contributed by atoms with Crippen LogP contribution in [0.4, 0.5) is 0 Å². The van der Waals surface area contributed by atoms with Crippen molar-refractivity contribution in [2.45, 2.75) is 27.1 Å². The summed E-state index contributed by atoms with van der Waals surface area (Å²) in [6.45, 7) is 4.45. The zero-order valence-corrected chi connectivity index (χ0v) is 21.6. The van der Waals surface area contributed by atoms with Crippen LogP contribution in [-0.4, -0.2) is 27.3 Å². The average molecular weight is 526 g/mol. The molecule has 0 aliphatic heterocycles. The molecule has 0 bridgehead atoms. The Hall–Kier alpha value is -5.05. The molecule has 0 N–H and O–H groups in total. The molecule has 0 saturated heterocycles. The average Bonchev–Trinajstić information content (AvgIpc) is 3.71. The van der Waals surface area contributed by atoms with Gasteiger partial charge in [0.15, 0.2) is 5.76 Å². The maximum Gasteiger partial charge on any atom is 0.330 e. The number of aryl methyl sites for hydroxylation is 1. The maximum absolute atomic E-state index is 11.8. The van der Waals surface area contributed by atoms with Crippen LogP contribution in [0.25, 0.3) is 23.4 Å². The number of carbonyl (C=O) groups excluding carboxylic acids is 1. The second-order valence-electron chi connectivity index (χ2n) is 8.48. The Kier molecular flexibility index (Phi) is 7.87. The summed E-state index contributed by atoms with van der Waals surface area (Å²) in [5, 5.41) is 4.57. The predicted molar refractivity (Wildman–Crippen MR) is 143 cm³/mol. The second kappa shape index (κ2) is 12.0. The van der Waals surface area contributed by atoms with E-state index in [9.17, 15) is 4.79 Å². The summed E-state index contributed by atoms with van der Waals surface area (Å²) in [4.78, 5) is 16.3. The van der Waals surface area contributed by atoms with Crippen molar-refractivity contribution in [1.82, 2.24) is 14.8 Å². The fourth-order valence-electron chi connectivity index (χ4n) is 3.71. The quantitative estimate of drug-likeness (QED) is 0.149. The SMILES string of the molecule is CCOC(=O)/C=C/c1cn(-c2ccccc2)nc1OCc1ccc(OCc2nc(-c3ccco3)oc2C)cc1. The molecule has 198 valence electrons. The zero-order valence-electron chi connectivity index (χ0n) is 21.6. The molecule has 0 aliphatic carbocycles. The molecule has 0 radical (unpaired) electrons. The summed E-state index contributed by atoms with van der Waals surface area (Å²) in [5.41, 5.74) is 3.16. The smallest absolute Gasteiger partial charge is 0.330 e. The van der Waals surface area contributed by atoms with Crippen LogP contribution < -0.4 is 9.47 Å². The molecular weight excluding hydrogens is 498 g/mol. The minimum absolute atomic E-state index is 0.263. The van der Waals surface area contributed by atoms with Crippen LogP contribution in [0.3, 0.4) is 0 Å². The van der Waals surface area contributed by atoms with Crippen molar-refractivity contribution >= 4 is 12.0 Å². The van der Waals surface area contributed by atoms with Crippen LogP contribution in [0.15, 0.2) is 94.1 Å². The highest BCUT2D eigenvalue weighted by atomic mass is 16.5. The van der Waals surface area contributed by atoms with Gasteiger partial charge in [-0.25, -0.2) is 14.5 Å². The topological polar surface area (TPSA) is 102 Å². The minimum atomic E-state index is -0.426. The highest BCUT2D eigenvalue weighted by Crippen LogP contribution is 2.25. The Morgan fingerprint density at radius 2 is 1.82 bits per heavy atom. The van der Waals surface area contributed by atoms with Crippen molar-refractivity contribution in [3.63, 3.8) is 0 Å². The van der Waals surface area contributed by atoms with Crippen molar-refractivity contribution in [2.75, 3.05) is 6.61 Å². The fraction of sp³-hybridized carbons (Fsp3) is 0.167. The molecule has 2 aromatic carbocycles. The van der Waals surface area contributed by atoms with Crippen LogP contribution in [-0.2, 0) is 22.7 Å². The molecular formula is C30H27N3O6. The number of rotatable bonds is 11. The molecule has 0 atom stereocenters. The number of benzene rings is 2. The third kappa shape index (κ3) is 6.45. The van der Waals surface area contributed by atoms with Gasteiger partial charge < -0.3 is 23.0 Å². The molecule has 3 aromatic heterocycles. The summed E-state index contributed by atoms with van der Waals surface area (Å²) < 4.78 is 29.7. The van der Waals surface area contributed by atoms with E-state index in [4.69, 9.17) is 23.0 Å². The molecule has 9 heteroatoms. The molecule has 5 aromatic rings. The number of hydrogen-bond donors (Lipinski definition) is 0. The summed E-state index contributed by atoms with van der Waals surface area (Å²) in [6.07, 6.45) is 6.38. The maximum atomic E-state index is 11.8. The molecule has 0 unspecified atom stereocenters. The Labute approximate surface area is 225 Å². The van der Waals surface area contributed by atoms with Gasteiger partial charge >= 0.3 is 5.97 Å². The number of oxazole rings is 1. The Morgan fingerprint density at radius 1 is 1.00 bits per heavy atom. The van der Waals surface area contributed by atoms with E-state index in [1.165, 1.54) is 6.08 Å². The molecule has 0 aliphatic rings. The Balaban J connectivity index is 1.23. The van der Waals surface area contributed by atoms with Gasteiger partial charge in [0.05, 0.1) is 24.1 Å².